The van der Waals surface area contributed by atoms with E-state index < -0.39 is 22.8 Å². The SMILES string of the molecule is N#C[C@H]1C(=O)Nc2nc3ccccc3n2[C@@H]1c1cccc([N+](=O)[O-])c1. The van der Waals surface area contributed by atoms with Gasteiger partial charge >= 0.3 is 0 Å². The Morgan fingerprint density at radius 1 is 1.24 bits per heavy atom. The van der Waals surface area contributed by atoms with Crippen molar-refractivity contribution in [1.29, 1.82) is 5.26 Å². The number of nitriles is 1. The second-order valence-corrected chi connectivity index (χ2v) is 5.69. The van der Waals surface area contributed by atoms with E-state index in [9.17, 15) is 20.2 Å². The Kier molecular flexibility index (Phi) is 3.22. The van der Waals surface area contributed by atoms with Gasteiger partial charge in [-0.2, -0.15) is 5.26 Å². The van der Waals surface area contributed by atoms with Crippen molar-refractivity contribution in [3.8, 4) is 6.07 Å². The number of nitro groups is 1. The quantitative estimate of drug-likeness (QED) is 0.572. The molecule has 0 fully saturated rings. The van der Waals surface area contributed by atoms with Crippen LogP contribution >= 0.6 is 0 Å². The summed E-state index contributed by atoms with van der Waals surface area (Å²) in [6.45, 7) is 0. The van der Waals surface area contributed by atoms with Crippen LogP contribution in [0.15, 0.2) is 48.5 Å². The molecule has 0 bridgehead atoms. The van der Waals surface area contributed by atoms with Crippen LogP contribution in [0.5, 0.6) is 0 Å². The Labute approximate surface area is 141 Å². The topological polar surface area (TPSA) is 114 Å². The number of anilines is 1. The Morgan fingerprint density at radius 3 is 2.80 bits per heavy atom. The lowest BCUT2D eigenvalue weighted by atomic mass is 9.91. The predicted octanol–water partition coefficient (Wildman–Crippen LogP) is 2.63. The molecule has 8 heteroatoms. The molecule has 1 aromatic heterocycles. The maximum Gasteiger partial charge on any atom is 0.269 e. The van der Waals surface area contributed by atoms with Crippen LogP contribution in [-0.2, 0) is 4.79 Å². The van der Waals surface area contributed by atoms with Crippen molar-refractivity contribution in [3.05, 3.63) is 64.2 Å². The smallest absolute Gasteiger partial charge is 0.269 e. The van der Waals surface area contributed by atoms with Crippen LogP contribution < -0.4 is 5.32 Å². The average molecular weight is 333 g/mol. The number of hydrogen-bond donors (Lipinski definition) is 1. The molecule has 8 nitrogen and oxygen atoms in total. The first kappa shape index (κ1) is 14.8. The number of nitrogens with zero attached hydrogens (tertiary/aromatic N) is 4. The number of rotatable bonds is 2. The Hall–Kier alpha value is -3.73. The van der Waals surface area contributed by atoms with Gasteiger partial charge in [-0.3, -0.25) is 20.2 Å². The number of amides is 1. The zero-order chi connectivity index (χ0) is 17.6. The van der Waals surface area contributed by atoms with Gasteiger partial charge in [0, 0.05) is 12.1 Å². The number of carbonyl (C=O) groups excluding carboxylic acids is 1. The van der Waals surface area contributed by atoms with E-state index >= 15 is 0 Å². The molecule has 122 valence electrons. The lowest BCUT2D eigenvalue weighted by Crippen LogP contribution is -2.37. The zero-order valence-corrected chi connectivity index (χ0v) is 12.8. The fraction of sp³-hybridized carbons (Fsp3) is 0.118. The van der Waals surface area contributed by atoms with Crippen molar-refractivity contribution in [2.24, 2.45) is 5.92 Å². The number of hydrogen-bond acceptors (Lipinski definition) is 5. The molecule has 1 N–H and O–H groups in total. The number of nitro benzene ring substituents is 1. The van der Waals surface area contributed by atoms with Gasteiger partial charge in [0.15, 0.2) is 5.92 Å². The molecule has 1 amide bonds. The molecule has 0 aliphatic carbocycles. The Morgan fingerprint density at radius 2 is 2.04 bits per heavy atom. The summed E-state index contributed by atoms with van der Waals surface area (Å²) in [4.78, 5) is 27.3. The minimum absolute atomic E-state index is 0.0915. The van der Waals surface area contributed by atoms with Crippen LogP contribution in [-0.4, -0.2) is 20.4 Å². The first-order chi connectivity index (χ1) is 12.1. The number of imidazole rings is 1. The monoisotopic (exact) mass is 333 g/mol. The molecular weight excluding hydrogens is 322 g/mol. The lowest BCUT2D eigenvalue weighted by molar-refractivity contribution is -0.384. The van der Waals surface area contributed by atoms with Gasteiger partial charge in [-0.15, -0.1) is 0 Å². The number of benzene rings is 2. The van der Waals surface area contributed by atoms with Gasteiger partial charge in [0.05, 0.1) is 28.1 Å². The summed E-state index contributed by atoms with van der Waals surface area (Å²) in [5, 5.41) is 23.3. The van der Waals surface area contributed by atoms with Gasteiger partial charge in [0.2, 0.25) is 11.9 Å². The number of fused-ring (bicyclic) bond motifs is 3. The molecule has 0 unspecified atom stereocenters. The molecule has 1 aliphatic heterocycles. The fourth-order valence-corrected chi connectivity index (χ4v) is 3.19. The van der Waals surface area contributed by atoms with Crippen LogP contribution in [0.25, 0.3) is 11.0 Å². The Balaban J connectivity index is 1.99. The first-order valence-electron chi connectivity index (χ1n) is 7.52. The summed E-state index contributed by atoms with van der Waals surface area (Å²) in [6.07, 6.45) is 0. The molecule has 3 aromatic rings. The molecular formula is C17H11N5O3. The van der Waals surface area contributed by atoms with Crippen LogP contribution in [0.3, 0.4) is 0 Å². The molecule has 0 spiro atoms. The highest BCUT2D eigenvalue weighted by Crippen LogP contribution is 2.38. The molecule has 0 saturated carbocycles. The molecule has 2 heterocycles. The summed E-state index contributed by atoms with van der Waals surface area (Å²) >= 11 is 0. The van der Waals surface area contributed by atoms with Crippen LogP contribution in [0.1, 0.15) is 11.6 Å². The summed E-state index contributed by atoms with van der Waals surface area (Å²) in [7, 11) is 0. The minimum Gasteiger partial charge on any atom is -0.300 e. The number of aromatic nitrogens is 2. The third-order valence-electron chi connectivity index (χ3n) is 4.27. The third kappa shape index (κ3) is 2.21. The van der Waals surface area contributed by atoms with Crippen LogP contribution in [0.4, 0.5) is 11.6 Å². The standard InChI is InChI=1S/C17H11N5O3/c18-9-12-15(10-4-3-5-11(8-10)22(24)25)21-14-7-2-1-6-13(14)19-17(21)20-16(12)23/h1-8,12,15H,(H,19,20,23)/t12-,15-/m1/s1. The molecule has 25 heavy (non-hydrogen) atoms. The van der Waals surface area contributed by atoms with Crippen LogP contribution in [0, 0.1) is 27.4 Å². The van der Waals surface area contributed by atoms with Crippen molar-refractivity contribution >= 4 is 28.6 Å². The second-order valence-electron chi connectivity index (χ2n) is 5.69. The van der Waals surface area contributed by atoms with Crippen molar-refractivity contribution in [3.63, 3.8) is 0 Å². The lowest BCUT2D eigenvalue weighted by Gasteiger charge is -2.29. The minimum atomic E-state index is -1.02. The van der Waals surface area contributed by atoms with Gasteiger partial charge in [0.25, 0.3) is 5.69 Å². The highest BCUT2D eigenvalue weighted by molar-refractivity contribution is 5.97. The summed E-state index contributed by atoms with van der Waals surface area (Å²) in [5.41, 5.74) is 1.84. The zero-order valence-electron chi connectivity index (χ0n) is 12.8. The molecule has 0 saturated heterocycles. The van der Waals surface area contributed by atoms with Crippen molar-refractivity contribution in [2.75, 3.05) is 5.32 Å². The van der Waals surface area contributed by atoms with E-state index in [-0.39, 0.29) is 5.69 Å². The maximum absolute atomic E-state index is 12.3. The molecule has 1 aliphatic rings. The molecule has 4 rings (SSSR count). The van der Waals surface area contributed by atoms with Gasteiger partial charge < -0.3 is 4.57 Å². The van der Waals surface area contributed by atoms with E-state index in [0.29, 0.717) is 17.0 Å². The van der Waals surface area contributed by atoms with Crippen molar-refractivity contribution in [1.82, 2.24) is 9.55 Å². The summed E-state index contributed by atoms with van der Waals surface area (Å²) in [5.74, 6) is -1.16. The highest BCUT2D eigenvalue weighted by Gasteiger charge is 2.39. The van der Waals surface area contributed by atoms with E-state index in [1.54, 1.807) is 22.8 Å². The molecule has 2 atom stereocenters. The van der Waals surface area contributed by atoms with E-state index in [2.05, 4.69) is 10.3 Å². The molecule has 0 radical (unpaired) electrons. The molecule has 2 aromatic carbocycles. The van der Waals surface area contributed by atoms with Crippen molar-refractivity contribution in [2.45, 2.75) is 6.04 Å². The second kappa shape index (κ2) is 5.42. The summed E-state index contributed by atoms with van der Waals surface area (Å²) < 4.78 is 1.75. The van der Waals surface area contributed by atoms with Crippen LogP contribution in [0.2, 0.25) is 0 Å². The number of carbonyl (C=O) groups is 1. The number of non-ortho nitro benzene ring substituents is 1. The highest BCUT2D eigenvalue weighted by atomic mass is 16.6. The van der Waals surface area contributed by atoms with Gasteiger partial charge in [-0.25, -0.2) is 4.98 Å². The summed E-state index contributed by atoms with van der Waals surface area (Å²) in [6, 6.07) is 14.6. The normalized spacial score (nSPS) is 19.1. The number of nitrogens with one attached hydrogen (secondary N) is 1. The van der Waals surface area contributed by atoms with Gasteiger partial charge in [-0.1, -0.05) is 24.3 Å². The largest absolute Gasteiger partial charge is 0.300 e. The third-order valence-corrected chi connectivity index (χ3v) is 4.27. The van der Waals surface area contributed by atoms with E-state index in [1.165, 1.54) is 12.1 Å². The fourth-order valence-electron chi connectivity index (χ4n) is 3.19. The van der Waals surface area contributed by atoms with E-state index in [1.807, 2.05) is 24.3 Å². The Bertz CT molecular complexity index is 1070. The van der Waals surface area contributed by atoms with Gasteiger partial charge in [-0.05, 0) is 17.7 Å². The average Bonchev–Trinajstić information content (AvgIpc) is 2.98. The van der Waals surface area contributed by atoms with Gasteiger partial charge in [0.1, 0.15) is 0 Å². The van der Waals surface area contributed by atoms with Crippen molar-refractivity contribution < 1.29 is 9.72 Å². The first-order valence-corrected chi connectivity index (χ1v) is 7.52. The predicted molar refractivity (Wildman–Crippen MR) is 88.7 cm³/mol. The maximum atomic E-state index is 12.3. The van der Waals surface area contributed by atoms with E-state index in [4.69, 9.17) is 0 Å². The number of para-hydroxylation sites is 2. The van der Waals surface area contributed by atoms with E-state index in [0.717, 1.165) is 5.52 Å².